The van der Waals surface area contributed by atoms with Gasteiger partial charge in [0.1, 0.15) is 29.4 Å². The number of amides is 2. The molecule has 2 aliphatic rings. The van der Waals surface area contributed by atoms with Crippen LogP contribution < -0.4 is 15.2 Å². The smallest absolute Gasteiger partial charge is 0.240 e. The minimum Gasteiger partial charge on any atom is -0.544 e. The van der Waals surface area contributed by atoms with Gasteiger partial charge in [-0.25, -0.2) is 0 Å². The van der Waals surface area contributed by atoms with Gasteiger partial charge in [-0.1, -0.05) is 19.9 Å². The quantitative estimate of drug-likeness (QED) is 0.620. The highest BCUT2D eigenvalue weighted by atomic mass is 16.5. The number of aromatic hydroxyl groups is 1. The summed E-state index contributed by atoms with van der Waals surface area (Å²) in [6.45, 7) is 7.18. The minimum absolute atomic E-state index is 0.0431. The molecule has 2 heterocycles. The maximum atomic E-state index is 13.2. The van der Waals surface area contributed by atoms with Crippen molar-refractivity contribution in [2.45, 2.75) is 51.7 Å². The minimum atomic E-state index is -1.59. The van der Waals surface area contributed by atoms with E-state index >= 15 is 0 Å². The van der Waals surface area contributed by atoms with Crippen LogP contribution in [0.4, 0.5) is 0 Å². The lowest BCUT2D eigenvalue weighted by atomic mass is 9.75. The Hall–Kier alpha value is -2.61. The predicted molar refractivity (Wildman–Crippen MR) is 100 cm³/mol. The molecule has 2 saturated heterocycles. The Morgan fingerprint density at radius 2 is 1.93 bits per heavy atom. The number of fused-ring (bicyclic) bond motifs is 1. The van der Waals surface area contributed by atoms with E-state index in [0.29, 0.717) is 5.56 Å². The van der Waals surface area contributed by atoms with Crippen molar-refractivity contribution in [2.75, 3.05) is 7.11 Å². The van der Waals surface area contributed by atoms with Crippen molar-refractivity contribution < 1.29 is 34.7 Å². The van der Waals surface area contributed by atoms with E-state index in [-0.39, 0.29) is 23.8 Å². The monoisotopic (exact) mass is 404 g/mol. The summed E-state index contributed by atoms with van der Waals surface area (Å²) in [6.07, 6.45) is 0.169. The molecule has 2 aliphatic heterocycles. The average Bonchev–Trinajstić information content (AvgIpc) is 3.09. The molecule has 0 saturated carbocycles. The molecule has 4 atom stereocenters. The van der Waals surface area contributed by atoms with Crippen molar-refractivity contribution in [1.29, 1.82) is 0 Å². The van der Waals surface area contributed by atoms with Crippen LogP contribution in [-0.4, -0.2) is 46.5 Å². The van der Waals surface area contributed by atoms with Crippen molar-refractivity contribution in [3.63, 3.8) is 0 Å². The molecular weight excluding hydrogens is 376 g/mol. The third-order valence-electron chi connectivity index (χ3n) is 6.06. The second-order valence-corrected chi connectivity index (χ2v) is 8.66. The number of ether oxygens (including phenoxy) is 1. The third kappa shape index (κ3) is 3.06. The van der Waals surface area contributed by atoms with E-state index in [1.54, 1.807) is 37.4 Å². The van der Waals surface area contributed by atoms with Gasteiger partial charge >= 0.3 is 0 Å². The molecule has 1 aromatic carbocycles. The molecule has 2 amide bonds. The van der Waals surface area contributed by atoms with Crippen LogP contribution >= 0.6 is 0 Å². The van der Waals surface area contributed by atoms with E-state index in [4.69, 9.17) is 4.74 Å². The fraction of sp³-hybridized carbons (Fsp3) is 0.571. The van der Waals surface area contributed by atoms with Crippen LogP contribution in [0.15, 0.2) is 18.2 Å². The van der Waals surface area contributed by atoms with E-state index < -0.39 is 47.2 Å². The van der Waals surface area contributed by atoms with E-state index in [0.717, 1.165) is 4.90 Å². The van der Waals surface area contributed by atoms with Gasteiger partial charge in [-0.15, -0.1) is 0 Å². The van der Waals surface area contributed by atoms with Gasteiger partial charge in [-0.05, 0) is 31.9 Å². The molecule has 3 rings (SSSR count). The van der Waals surface area contributed by atoms with Crippen LogP contribution in [0.3, 0.4) is 0 Å². The molecule has 0 aliphatic carbocycles. The lowest BCUT2D eigenvalue weighted by molar-refractivity contribution is -0.740. The lowest BCUT2D eigenvalue weighted by Gasteiger charge is -2.34. The number of benzene rings is 1. The summed E-state index contributed by atoms with van der Waals surface area (Å²) in [5.41, 5.74) is -1.21. The number of hydrogen-bond donors (Lipinski definition) is 2. The first kappa shape index (κ1) is 21.1. The van der Waals surface area contributed by atoms with E-state index in [1.807, 2.05) is 13.8 Å². The number of carbonyl (C=O) groups is 3. The van der Waals surface area contributed by atoms with Crippen molar-refractivity contribution in [3.8, 4) is 11.5 Å². The summed E-state index contributed by atoms with van der Waals surface area (Å²) >= 11 is 0. The number of rotatable bonds is 6. The molecule has 158 valence electrons. The van der Waals surface area contributed by atoms with Gasteiger partial charge < -0.3 is 25.1 Å². The highest BCUT2D eigenvalue weighted by Gasteiger charge is 2.70. The number of phenols is 1. The van der Waals surface area contributed by atoms with E-state index in [2.05, 4.69) is 0 Å². The Morgan fingerprint density at radius 3 is 2.45 bits per heavy atom. The summed E-state index contributed by atoms with van der Waals surface area (Å²) in [6, 6.07) is 3.74. The lowest BCUT2D eigenvalue weighted by Crippen LogP contribution is -2.99. The number of para-hydroxylation sites is 1. The van der Waals surface area contributed by atoms with Gasteiger partial charge in [0, 0.05) is 12.5 Å². The van der Waals surface area contributed by atoms with Crippen molar-refractivity contribution >= 4 is 17.8 Å². The van der Waals surface area contributed by atoms with E-state index in [1.165, 1.54) is 7.11 Å². The molecule has 0 spiro atoms. The summed E-state index contributed by atoms with van der Waals surface area (Å²) in [5, 5.41) is 24.6. The zero-order chi connectivity index (χ0) is 21.7. The van der Waals surface area contributed by atoms with Crippen LogP contribution in [0.1, 0.15) is 45.7 Å². The predicted octanol–water partition coefficient (Wildman–Crippen LogP) is -0.437. The molecule has 0 bridgehead atoms. The van der Waals surface area contributed by atoms with Gasteiger partial charge in [0.25, 0.3) is 0 Å². The number of imide groups is 1. The number of carboxylic acid groups (broad SMARTS) is 1. The van der Waals surface area contributed by atoms with Crippen LogP contribution in [0.2, 0.25) is 0 Å². The van der Waals surface area contributed by atoms with Gasteiger partial charge in [0.2, 0.25) is 11.8 Å². The zero-order valence-corrected chi connectivity index (χ0v) is 17.3. The number of nitrogens with two attached hydrogens (primary N) is 1. The first-order valence-electron chi connectivity index (χ1n) is 9.87. The van der Waals surface area contributed by atoms with Gasteiger partial charge in [0.05, 0.1) is 12.7 Å². The van der Waals surface area contributed by atoms with Gasteiger partial charge in [-0.3, -0.25) is 14.5 Å². The summed E-state index contributed by atoms with van der Waals surface area (Å²) in [4.78, 5) is 40.0. The topological polar surface area (TPSA) is 124 Å². The molecule has 2 fully saturated rings. The Balaban J connectivity index is 2.21. The highest BCUT2D eigenvalue weighted by Crippen LogP contribution is 2.48. The third-order valence-corrected chi connectivity index (χ3v) is 6.06. The molecule has 0 radical (unpaired) electrons. The normalized spacial score (nSPS) is 29.1. The SMILES string of the molecule is COc1cccc([C@@H]2[NH2+][C@](CC(C)C)(C(=O)[O-])[C@H]3C(=O)N(C(C)C)C(=O)[C@H]23)c1O. The number of hydrogen-bond acceptors (Lipinski definition) is 6. The summed E-state index contributed by atoms with van der Waals surface area (Å²) < 4.78 is 5.17. The van der Waals surface area contributed by atoms with Crippen molar-refractivity contribution in [3.05, 3.63) is 23.8 Å². The first-order chi connectivity index (χ1) is 13.6. The summed E-state index contributed by atoms with van der Waals surface area (Å²) in [7, 11) is 1.41. The van der Waals surface area contributed by atoms with E-state index in [9.17, 15) is 24.6 Å². The average molecular weight is 404 g/mol. The fourth-order valence-electron chi connectivity index (χ4n) is 5.06. The number of methoxy groups -OCH3 is 1. The van der Waals surface area contributed by atoms with Crippen LogP contribution in [0.5, 0.6) is 11.5 Å². The molecule has 3 N–H and O–H groups in total. The van der Waals surface area contributed by atoms with Gasteiger partial charge in [-0.2, -0.15) is 0 Å². The van der Waals surface area contributed by atoms with Crippen molar-refractivity contribution in [2.24, 2.45) is 17.8 Å². The number of likely N-dealkylation sites (tertiary alicyclic amines) is 1. The Kier molecular flexibility index (Phi) is 5.34. The summed E-state index contributed by atoms with van der Waals surface area (Å²) in [5.74, 6) is -4.20. The Labute approximate surface area is 169 Å². The highest BCUT2D eigenvalue weighted by molar-refractivity contribution is 6.08. The number of quaternary nitrogens is 1. The first-order valence-corrected chi connectivity index (χ1v) is 9.87. The number of phenolic OH excluding ortho intramolecular Hbond substituents is 1. The number of aliphatic carboxylic acids is 1. The maximum absolute atomic E-state index is 13.2. The second kappa shape index (κ2) is 7.33. The second-order valence-electron chi connectivity index (χ2n) is 8.66. The molecule has 29 heavy (non-hydrogen) atoms. The zero-order valence-electron chi connectivity index (χ0n) is 17.3. The molecule has 8 nitrogen and oxygen atoms in total. The molecule has 0 aromatic heterocycles. The molecule has 8 heteroatoms. The van der Waals surface area contributed by atoms with Crippen LogP contribution in [0.25, 0.3) is 0 Å². The standard InChI is InChI=1S/C21H28N2O6/c1-10(2)9-21(20(27)28)15-14(18(25)23(11(3)4)19(15)26)16(22-21)12-7-6-8-13(29-5)17(12)24/h6-8,10-11,14-16,22,24H,9H2,1-5H3,(H,27,28)/t14-,15+,16-,21-/m0/s1. The number of carboxylic acids is 1. The van der Waals surface area contributed by atoms with Crippen LogP contribution in [-0.2, 0) is 14.4 Å². The van der Waals surface area contributed by atoms with Crippen LogP contribution in [0, 0.1) is 17.8 Å². The van der Waals surface area contributed by atoms with Gasteiger partial charge in [0.15, 0.2) is 11.5 Å². The Morgan fingerprint density at radius 1 is 1.28 bits per heavy atom. The molecule has 1 aromatic rings. The Bertz CT molecular complexity index is 852. The molecule has 0 unspecified atom stereocenters. The molecular formula is C21H28N2O6. The maximum Gasteiger partial charge on any atom is 0.240 e. The number of carbonyl (C=O) groups excluding carboxylic acids is 3. The van der Waals surface area contributed by atoms with Crippen molar-refractivity contribution in [1.82, 2.24) is 4.90 Å². The largest absolute Gasteiger partial charge is 0.544 e. The number of nitrogens with zero attached hydrogens (tertiary/aromatic N) is 1. The fourth-order valence-corrected chi connectivity index (χ4v) is 5.06.